The lowest BCUT2D eigenvalue weighted by atomic mass is 10.4. The third-order valence-electron chi connectivity index (χ3n) is 3.56. The molecule has 2 N–H and O–H groups in total. The van der Waals surface area contributed by atoms with Crippen molar-refractivity contribution in [2.24, 2.45) is 4.99 Å². The minimum absolute atomic E-state index is 0.577. The largest absolute Gasteiger partial charge is 0.385 e. The predicted molar refractivity (Wildman–Crippen MR) is 99.9 cm³/mol. The smallest absolute Gasteiger partial charge is 0.193 e. The monoisotopic (exact) mass is 352 g/mol. The van der Waals surface area contributed by atoms with Crippen LogP contribution in [0.15, 0.2) is 22.8 Å². The Bertz CT molecular complexity index is 594. The van der Waals surface area contributed by atoms with E-state index in [2.05, 4.69) is 39.5 Å². The summed E-state index contributed by atoms with van der Waals surface area (Å²) in [5.74, 6) is 0.833. The summed E-state index contributed by atoms with van der Waals surface area (Å²) in [5, 5.41) is 8.68. The molecule has 2 heterocycles. The van der Waals surface area contributed by atoms with Crippen LogP contribution in [0, 0.1) is 0 Å². The Morgan fingerprint density at radius 2 is 2.29 bits per heavy atom. The predicted octanol–water partition coefficient (Wildman–Crippen LogP) is 1.42. The van der Waals surface area contributed by atoms with Gasteiger partial charge in [-0.25, -0.2) is 9.98 Å². The van der Waals surface area contributed by atoms with E-state index in [0.717, 1.165) is 55.8 Å². The number of methoxy groups -OCH3 is 1. The third-order valence-corrected chi connectivity index (χ3v) is 4.33. The highest BCUT2D eigenvalue weighted by atomic mass is 32.1. The number of hydrogen-bond acceptors (Lipinski definition) is 5. The maximum Gasteiger partial charge on any atom is 0.193 e. The van der Waals surface area contributed by atoms with Crippen molar-refractivity contribution >= 4 is 22.3 Å². The SMILES string of the molecule is CCNC(=NCc1cn2ccsc2n1)NCCN(C)CCCOC. The summed E-state index contributed by atoms with van der Waals surface area (Å²) in [6.45, 7) is 7.16. The number of fused-ring (bicyclic) bond motifs is 1. The average Bonchev–Trinajstić information content (AvgIpc) is 3.14. The minimum atomic E-state index is 0.577. The van der Waals surface area contributed by atoms with E-state index in [-0.39, 0.29) is 0 Å². The normalized spacial score (nSPS) is 12.2. The van der Waals surface area contributed by atoms with Crippen LogP contribution in [0.3, 0.4) is 0 Å². The molecule has 0 fully saturated rings. The number of nitrogens with one attached hydrogen (secondary N) is 2. The molecule has 2 rings (SSSR count). The number of thiazole rings is 1. The minimum Gasteiger partial charge on any atom is -0.385 e. The fourth-order valence-corrected chi connectivity index (χ4v) is 3.03. The molecule has 134 valence electrons. The van der Waals surface area contributed by atoms with E-state index in [0.29, 0.717) is 6.54 Å². The van der Waals surface area contributed by atoms with Crippen molar-refractivity contribution in [3.8, 4) is 0 Å². The summed E-state index contributed by atoms with van der Waals surface area (Å²) in [7, 11) is 3.86. The van der Waals surface area contributed by atoms with Gasteiger partial charge in [-0.3, -0.25) is 4.40 Å². The fourth-order valence-electron chi connectivity index (χ4n) is 2.31. The number of aliphatic imine (C=N–C) groups is 1. The highest BCUT2D eigenvalue weighted by Crippen LogP contribution is 2.11. The number of imidazole rings is 1. The van der Waals surface area contributed by atoms with Crippen molar-refractivity contribution in [2.75, 3.05) is 46.9 Å². The number of rotatable bonds is 10. The Morgan fingerprint density at radius 1 is 1.42 bits per heavy atom. The lowest BCUT2D eigenvalue weighted by Crippen LogP contribution is -2.41. The molecule has 8 heteroatoms. The Labute approximate surface area is 147 Å². The maximum atomic E-state index is 5.08. The first-order chi connectivity index (χ1) is 11.7. The van der Waals surface area contributed by atoms with Gasteiger partial charge >= 0.3 is 0 Å². The van der Waals surface area contributed by atoms with Crippen LogP contribution in [0.5, 0.6) is 0 Å². The van der Waals surface area contributed by atoms with Gasteiger partial charge in [-0.05, 0) is 20.4 Å². The van der Waals surface area contributed by atoms with E-state index in [4.69, 9.17) is 4.74 Å². The molecule has 2 aromatic heterocycles. The molecule has 0 unspecified atom stereocenters. The van der Waals surface area contributed by atoms with E-state index < -0.39 is 0 Å². The zero-order chi connectivity index (χ0) is 17.2. The van der Waals surface area contributed by atoms with Gasteiger partial charge in [0, 0.05) is 57.7 Å². The van der Waals surface area contributed by atoms with Gasteiger partial charge in [0.1, 0.15) is 0 Å². The zero-order valence-electron chi connectivity index (χ0n) is 14.8. The second-order valence-electron chi connectivity index (χ2n) is 5.60. The zero-order valence-corrected chi connectivity index (χ0v) is 15.6. The Morgan fingerprint density at radius 3 is 3.04 bits per heavy atom. The van der Waals surface area contributed by atoms with E-state index in [1.807, 2.05) is 22.2 Å². The molecule has 0 amide bonds. The summed E-state index contributed by atoms with van der Waals surface area (Å²) in [6, 6.07) is 0. The number of aromatic nitrogens is 2. The standard InChI is InChI=1S/C16H28N6OS/c1-4-17-15(18-6-8-21(2)7-5-10-23-3)19-12-14-13-22-9-11-24-16(22)20-14/h9,11,13H,4-8,10,12H2,1-3H3,(H2,17,18,19). The average molecular weight is 353 g/mol. The van der Waals surface area contributed by atoms with Gasteiger partial charge in [0.25, 0.3) is 0 Å². The number of ether oxygens (including phenoxy) is 1. The molecule has 2 aromatic rings. The van der Waals surface area contributed by atoms with Crippen LogP contribution in [-0.4, -0.2) is 67.2 Å². The van der Waals surface area contributed by atoms with Crippen LogP contribution in [0.2, 0.25) is 0 Å². The first-order valence-electron chi connectivity index (χ1n) is 8.33. The quantitative estimate of drug-likeness (QED) is 0.385. The summed E-state index contributed by atoms with van der Waals surface area (Å²) in [5.41, 5.74) is 0.982. The molecule has 24 heavy (non-hydrogen) atoms. The lowest BCUT2D eigenvalue weighted by Gasteiger charge is -2.18. The molecule has 0 saturated heterocycles. The Kier molecular flexibility index (Phi) is 8.00. The summed E-state index contributed by atoms with van der Waals surface area (Å²) < 4.78 is 7.11. The molecule has 0 aliphatic rings. The molecule has 0 radical (unpaired) electrons. The second-order valence-corrected chi connectivity index (χ2v) is 6.47. The van der Waals surface area contributed by atoms with Crippen molar-refractivity contribution < 1.29 is 4.74 Å². The van der Waals surface area contributed by atoms with E-state index in [1.165, 1.54) is 0 Å². The van der Waals surface area contributed by atoms with Gasteiger partial charge in [0.15, 0.2) is 10.9 Å². The topological polar surface area (TPSA) is 66.2 Å². The van der Waals surface area contributed by atoms with Crippen LogP contribution in [0.1, 0.15) is 19.0 Å². The van der Waals surface area contributed by atoms with Gasteiger partial charge in [-0.1, -0.05) is 0 Å². The number of guanidine groups is 1. The van der Waals surface area contributed by atoms with E-state index in [9.17, 15) is 0 Å². The molecule has 0 aromatic carbocycles. The van der Waals surface area contributed by atoms with E-state index >= 15 is 0 Å². The van der Waals surface area contributed by atoms with Crippen molar-refractivity contribution in [3.05, 3.63) is 23.5 Å². The lowest BCUT2D eigenvalue weighted by molar-refractivity contribution is 0.180. The maximum absolute atomic E-state index is 5.08. The van der Waals surface area contributed by atoms with Crippen LogP contribution in [-0.2, 0) is 11.3 Å². The highest BCUT2D eigenvalue weighted by Gasteiger charge is 2.03. The van der Waals surface area contributed by atoms with Crippen LogP contribution in [0.4, 0.5) is 0 Å². The van der Waals surface area contributed by atoms with Gasteiger partial charge in [-0.2, -0.15) is 0 Å². The summed E-state index contributed by atoms with van der Waals surface area (Å²) >= 11 is 1.64. The molecule has 0 aliphatic carbocycles. The van der Waals surface area contributed by atoms with Gasteiger partial charge in [0.05, 0.1) is 12.2 Å². The first kappa shape index (κ1) is 18.7. The Hall–Kier alpha value is -1.64. The molecule has 7 nitrogen and oxygen atoms in total. The molecular weight excluding hydrogens is 324 g/mol. The summed E-state index contributed by atoms with van der Waals surface area (Å²) in [6.07, 6.45) is 5.10. The summed E-state index contributed by atoms with van der Waals surface area (Å²) in [4.78, 5) is 12.5. The number of hydrogen-bond donors (Lipinski definition) is 2. The van der Waals surface area contributed by atoms with Gasteiger partial charge in [-0.15, -0.1) is 11.3 Å². The second kappa shape index (κ2) is 10.3. The van der Waals surface area contributed by atoms with Crippen molar-refractivity contribution in [1.82, 2.24) is 24.9 Å². The van der Waals surface area contributed by atoms with Crippen molar-refractivity contribution in [1.29, 1.82) is 0 Å². The third kappa shape index (κ3) is 6.10. The van der Waals surface area contributed by atoms with Gasteiger partial charge < -0.3 is 20.3 Å². The number of nitrogens with zero attached hydrogens (tertiary/aromatic N) is 4. The van der Waals surface area contributed by atoms with Gasteiger partial charge in [0.2, 0.25) is 0 Å². The van der Waals surface area contributed by atoms with Crippen LogP contribution < -0.4 is 10.6 Å². The van der Waals surface area contributed by atoms with Crippen molar-refractivity contribution in [3.63, 3.8) is 0 Å². The highest BCUT2D eigenvalue weighted by molar-refractivity contribution is 7.15. The fraction of sp³-hybridized carbons (Fsp3) is 0.625. The number of likely N-dealkylation sites (N-methyl/N-ethyl adjacent to an activating group) is 1. The molecule has 0 atom stereocenters. The molecule has 0 bridgehead atoms. The van der Waals surface area contributed by atoms with Crippen LogP contribution >= 0.6 is 11.3 Å². The van der Waals surface area contributed by atoms with Crippen molar-refractivity contribution in [2.45, 2.75) is 19.9 Å². The molecular formula is C16H28N6OS. The molecule has 0 spiro atoms. The van der Waals surface area contributed by atoms with Crippen LogP contribution in [0.25, 0.3) is 4.96 Å². The molecule has 0 aliphatic heterocycles. The molecule has 0 saturated carbocycles. The Balaban J connectivity index is 1.76. The van der Waals surface area contributed by atoms with E-state index in [1.54, 1.807) is 18.4 Å². The first-order valence-corrected chi connectivity index (χ1v) is 9.21.